The number of hydrogen-bond acceptors (Lipinski definition) is 7. The third-order valence-electron chi connectivity index (χ3n) is 5.31. The van der Waals surface area contributed by atoms with Crippen molar-refractivity contribution in [2.24, 2.45) is 10.9 Å². The summed E-state index contributed by atoms with van der Waals surface area (Å²) in [4.78, 5) is 22.8. The van der Waals surface area contributed by atoms with Gasteiger partial charge in [0.05, 0.1) is 11.5 Å². The third kappa shape index (κ3) is 5.88. The fourth-order valence-corrected chi connectivity index (χ4v) is 4.79. The monoisotopic (exact) mass is 459 g/mol. The van der Waals surface area contributed by atoms with Crippen LogP contribution in [-0.4, -0.2) is 36.6 Å². The summed E-state index contributed by atoms with van der Waals surface area (Å²) in [7, 11) is 0. The molecule has 1 amide bonds. The van der Waals surface area contributed by atoms with Gasteiger partial charge >= 0.3 is 0 Å². The van der Waals surface area contributed by atoms with Crippen molar-refractivity contribution in [3.8, 4) is 5.75 Å². The molecule has 2 heterocycles. The zero-order chi connectivity index (χ0) is 23.3. The molecule has 3 rings (SSSR count). The number of benzene rings is 1. The molecule has 0 aliphatic carbocycles. The Labute approximate surface area is 193 Å². The smallest absolute Gasteiger partial charge is 0.245 e. The van der Waals surface area contributed by atoms with E-state index < -0.39 is 6.61 Å². The molecule has 1 unspecified atom stereocenters. The zero-order valence-corrected chi connectivity index (χ0v) is 20.3. The van der Waals surface area contributed by atoms with Crippen molar-refractivity contribution in [1.29, 1.82) is 0 Å². The molecule has 1 atom stereocenters. The van der Waals surface area contributed by atoms with Crippen LogP contribution in [0.3, 0.4) is 0 Å². The molecule has 174 valence electrons. The van der Waals surface area contributed by atoms with E-state index in [-0.39, 0.29) is 12.1 Å². The fraction of sp³-hybridized carbons (Fsp3) is 0.500. The number of hydrogen-bond donors (Lipinski definition) is 3. The van der Waals surface area contributed by atoms with Crippen LogP contribution >= 0.6 is 11.3 Å². The summed E-state index contributed by atoms with van der Waals surface area (Å²) in [6, 6.07) is 4.08. The molecule has 1 aliphatic rings. The summed E-state index contributed by atoms with van der Waals surface area (Å²) in [5.74, 6) is 1.80. The Morgan fingerprint density at radius 1 is 1.31 bits per heavy atom. The second kappa shape index (κ2) is 10.9. The zero-order valence-electron chi connectivity index (χ0n) is 19.4. The van der Waals surface area contributed by atoms with Crippen molar-refractivity contribution in [3.05, 3.63) is 50.2 Å². The number of nitrogens with one attached hydrogen (secondary N) is 2. The van der Waals surface area contributed by atoms with Crippen molar-refractivity contribution in [3.63, 3.8) is 0 Å². The molecule has 1 aliphatic heterocycles. The first kappa shape index (κ1) is 24.2. The molecule has 0 fully saturated rings. The molecule has 0 radical (unpaired) electrons. The summed E-state index contributed by atoms with van der Waals surface area (Å²) in [5, 5.41) is 13.6. The van der Waals surface area contributed by atoms with Crippen LogP contribution in [0.15, 0.2) is 22.5 Å². The van der Waals surface area contributed by atoms with E-state index in [1.165, 1.54) is 11.1 Å². The van der Waals surface area contributed by atoms with Gasteiger partial charge in [0, 0.05) is 12.1 Å². The van der Waals surface area contributed by atoms with E-state index in [0.717, 1.165) is 39.6 Å². The van der Waals surface area contributed by atoms with Gasteiger partial charge in [-0.15, -0.1) is 11.3 Å². The topological polar surface area (TPSA) is 92.2 Å². The van der Waals surface area contributed by atoms with Gasteiger partial charge in [-0.2, -0.15) is 0 Å². The van der Waals surface area contributed by atoms with Gasteiger partial charge in [0.1, 0.15) is 12.4 Å². The lowest BCUT2D eigenvalue weighted by Crippen LogP contribution is -2.28. The Morgan fingerprint density at radius 2 is 2.03 bits per heavy atom. The number of thiophene rings is 1. The molecular formula is C24H33N3O4S. The minimum atomic E-state index is -0.492. The van der Waals surface area contributed by atoms with E-state index >= 15 is 0 Å². The number of carbonyl (C=O) groups excluding carboxylic acids is 1. The fourth-order valence-electron chi connectivity index (χ4n) is 3.73. The second-order valence-electron chi connectivity index (χ2n) is 8.55. The average Bonchev–Trinajstić information content (AvgIpc) is 3.36. The van der Waals surface area contributed by atoms with Crippen LogP contribution in [0.1, 0.15) is 59.2 Å². The lowest BCUT2D eigenvalue weighted by atomic mass is 10.0. The average molecular weight is 460 g/mol. The van der Waals surface area contributed by atoms with Crippen LogP contribution in [0, 0.1) is 26.7 Å². The predicted molar refractivity (Wildman–Crippen MR) is 127 cm³/mol. The first-order chi connectivity index (χ1) is 15.3. The highest BCUT2D eigenvalue weighted by molar-refractivity contribution is 7.10. The van der Waals surface area contributed by atoms with Crippen molar-refractivity contribution in [2.75, 3.05) is 19.8 Å². The molecule has 3 N–H and O–H groups in total. The van der Waals surface area contributed by atoms with Crippen LogP contribution < -0.4 is 15.5 Å². The maximum Gasteiger partial charge on any atom is 0.245 e. The van der Waals surface area contributed by atoms with Gasteiger partial charge < -0.3 is 15.2 Å². The maximum atomic E-state index is 11.1. The Bertz CT molecular complexity index is 961. The minimum Gasteiger partial charge on any atom is -0.493 e. The summed E-state index contributed by atoms with van der Waals surface area (Å²) >= 11 is 1.71. The number of aryl methyl sites for hydroxylation is 2. The molecule has 7 nitrogen and oxygen atoms in total. The number of hydroxylamine groups is 1. The highest BCUT2D eigenvalue weighted by atomic mass is 32.1. The number of aliphatic hydroxyl groups excluding tert-OH is 1. The van der Waals surface area contributed by atoms with Crippen LogP contribution in [0.4, 0.5) is 0 Å². The number of nitrogens with zero attached hydrogens (tertiary/aromatic N) is 1. The predicted octanol–water partition coefficient (Wildman–Crippen LogP) is 3.73. The standard InChI is InChI=1S/C24H33N3O4S/c1-14(2)9-19-13-32-22(17(19)5)24-26-23(27-31-24)18-10-15(3)21(16(4)11-18)30-8-6-7-25-20(29)12-28/h10-11,13-14,24,28H,6-9,12H2,1-5H3,(H,25,29)(H,26,27). The number of amides is 1. The van der Waals surface area contributed by atoms with Gasteiger partial charge in [-0.05, 0) is 79.3 Å². The quantitative estimate of drug-likeness (QED) is 0.471. The molecule has 0 spiro atoms. The molecule has 32 heavy (non-hydrogen) atoms. The highest BCUT2D eigenvalue weighted by Gasteiger charge is 2.25. The molecule has 0 saturated carbocycles. The maximum absolute atomic E-state index is 11.1. The summed E-state index contributed by atoms with van der Waals surface area (Å²) in [6.07, 6.45) is 1.39. The van der Waals surface area contributed by atoms with E-state index in [1.807, 2.05) is 26.0 Å². The van der Waals surface area contributed by atoms with Gasteiger partial charge in [-0.25, -0.2) is 15.3 Å². The van der Waals surface area contributed by atoms with E-state index in [4.69, 9.17) is 19.7 Å². The van der Waals surface area contributed by atoms with Gasteiger partial charge in [0.15, 0.2) is 5.84 Å². The third-order valence-corrected chi connectivity index (χ3v) is 6.48. The SMILES string of the molecule is Cc1cc(C2=NC(c3scc(CC(C)C)c3C)ON2)cc(C)c1OCCCNC(=O)CO. The van der Waals surface area contributed by atoms with Crippen molar-refractivity contribution < 1.29 is 19.5 Å². The number of amidine groups is 1. The normalized spacial score (nSPS) is 15.6. The lowest BCUT2D eigenvalue weighted by molar-refractivity contribution is -0.123. The Hall–Kier alpha value is -2.42. The van der Waals surface area contributed by atoms with E-state index in [1.54, 1.807) is 11.3 Å². The van der Waals surface area contributed by atoms with E-state index in [0.29, 0.717) is 25.5 Å². The van der Waals surface area contributed by atoms with Crippen LogP contribution in [0.5, 0.6) is 5.75 Å². The molecule has 1 aromatic carbocycles. The summed E-state index contributed by atoms with van der Waals surface area (Å²) in [5.41, 5.74) is 8.63. The highest BCUT2D eigenvalue weighted by Crippen LogP contribution is 2.34. The summed E-state index contributed by atoms with van der Waals surface area (Å²) < 4.78 is 5.94. The van der Waals surface area contributed by atoms with E-state index in [2.05, 4.69) is 36.9 Å². The van der Waals surface area contributed by atoms with Crippen molar-refractivity contribution in [1.82, 2.24) is 10.8 Å². The van der Waals surface area contributed by atoms with Crippen LogP contribution in [-0.2, 0) is 16.1 Å². The number of rotatable bonds is 10. The first-order valence-corrected chi connectivity index (χ1v) is 11.9. The van der Waals surface area contributed by atoms with Gasteiger partial charge in [-0.3, -0.25) is 4.79 Å². The number of aliphatic hydroxyl groups is 1. The van der Waals surface area contributed by atoms with Crippen molar-refractivity contribution >= 4 is 23.1 Å². The molecule has 0 bridgehead atoms. The second-order valence-corrected chi connectivity index (χ2v) is 9.46. The summed E-state index contributed by atoms with van der Waals surface area (Å²) in [6.45, 7) is 11.1. The van der Waals surface area contributed by atoms with Gasteiger partial charge in [0.25, 0.3) is 0 Å². The largest absolute Gasteiger partial charge is 0.493 e. The number of carbonyl (C=O) groups is 1. The Kier molecular flexibility index (Phi) is 8.28. The lowest BCUT2D eigenvalue weighted by Gasteiger charge is -2.14. The Balaban J connectivity index is 1.66. The van der Waals surface area contributed by atoms with Gasteiger partial charge in [0.2, 0.25) is 12.1 Å². The van der Waals surface area contributed by atoms with E-state index in [9.17, 15) is 4.79 Å². The molecule has 2 aromatic rings. The van der Waals surface area contributed by atoms with Crippen LogP contribution in [0.2, 0.25) is 0 Å². The number of aliphatic imine (C=N–C) groups is 1. The Morgan fingerprint density at radius 3 is 2.69 bits per heavy atom. The van der Waals surface area contributed by atoms with Crippen LogP contribution in [0.25, 0.3) is 0 Å². The van der Waals surface area contributed by atoms with Gasteiger partial charge in [-0.1, -0.05) is 13.8 Å². The number of ether oxygens (including phenoxy) is 1. The minimum absolute atomic E-state index is 0.332. The molecular weight excluding hydrogens is 426 g/mol. The first-order valence-electron chi connectivity index (χ1n) is 11.0. The molecule has 8 heteroatoms. The van der Waals surface area contributed by atoms with Crippen molar-refractivity contribution in [2.45, 2.75) is 53.7 Å². The molecule has 0 saturated heterocycles. The molecule has 1 aromatic heterocycles.